The average Bonchev–Trinajstić information content (AvgIpc) is 2.42. The summed E-state index contributed by atoms with van der Waals surface area (Å²) in [5, 5.41) is 3.02. The first kappa shape index (κ1) is 13.3. The molecule has 2 nitrogen and oxygen atoms in total. The third kappa shape index (κ3) is 3.95. The third-order valence-electron chi connectivity index (χ3n) is 3.08. The van der Waals surface area contributed by atoms with E-state index >= 15 is 0 Å². The van der Waals surface area contributed by atoms with Gasteiger partial charge < -0.3 is 5.32 Å². The largest absolute Gasteiger partial charge is 0.349 e. The van der Waals surface area contributed by atoms with Crippen LogP contribution in [0, 0.1) is 6.92 Å². The molecule has 98 valence electrons. The Morgan fingerprint density at radius 3 is 2.32 bits per heavy atom. The lowest BCUT2D eigenvalue weighted by Gasteiger charge is -2.14. The maximum atomic E-state index is 12.0. The zero-order valence-electron chi connectivity index (χ0n) is 11.4. The Balaban J connectivity index is 1.92. The van der Waals surface area contributed by atoms with Gasteiger partial charge in [-0.1, -0.05) is 48.0 Å². The van der Waals surface area contributed by atoms with Crippen LogP contribution in [0.25, 0.3) is 0 Å². The van der Waals surface area contributed by atoms with Gasteiger partial charge in [0.2, 0.25) is 0 Å². The van der Waals surface area contributed by atoms with Crippen molar-refractivity contribution in [3.8, 4) is 0 Å². The SMILES string of the molecule is Cc1ccc(CC(C)NC(=O)c2ccccc2)cc1. The average molecular weight is 253 g/mol. The molecular formula is C17H19NO. The van der Waals surface area contributed by atoms with Crippen molar-refractivity contribution in [3.63, 3.8) is 0 Å². The molecule has 19 heavy (non-hydrogen) atoms. The quantitative estimate of drug-likeness (QED) is 0.889. The lowest BCUT2D eigenvalue weighted by Crippen LogP contribution is -2.34. The Labute approximate surface area is 114 Å². The Kier molecular flexibility index (Phi) is 4.35. The summed E-state index contributed by atoms with van der Waals surface area (Å²) in [5.74, 6) is -0.0137. The molecule has 0 spiro atoms. The Morgan fingerprint density at radius 2 is 1.68 bits per heavy atom. The molecule has 2 aromatic rings. The minimum atomic E-state index is -0.0137. The maximum absolute atomic E-state index is 12.0. The molecule has 1 unspecified atom stereocenters. The standard InChI is InChI=1S/C17H19NO/c1-13-8-10-15(11-9-13)12-14(2)18-17(19)16-6-4-3-5-7-16/h3-11,14H,12H2,1-2H3,(H,18,19). The van der Waals surface area contributed by atoms with Gasteiger partial charge in [0.25, 0.3) is 5.91 Å². The second-order valence-corrected chi connectivity index (χ2v) is 4.93. The number of carbonyl (C=O) groups is 1. The molecule has 0 fully saturated rings. The molecule has 0 saturated heterocycles. The molecule has 1 N–H and O–H groups in total. The highest BCUT2D eigenvalue weighted by Crippen LogP contribution is 2.07. The van der Waals surface area contributed by atoms with Crippen molar-refractivity contribution < 1.29 is 4.79 Å². The first-order valence-corrected chi connectivity index (χ1v) is 6.56. The Morgan fingerprint density at radius 1 is 1.05 bits per heavy atom. The van der Waals surface area contributed by atoms with Crippen LogP contribution in [-0.4, -0.2) is 11.9 Å². The van der Waals surface area contributed by atoms with E-state index in [0.29, 0.717) is 5.56 Å². The van der Waals surface area contributed by atoms with Crippen molar-refractivity contribution in [1.29, 1.82) is 0 Å². The maximum Gasteiger partial charge on any atom is 0.251 e. The van der Waals surface area contributed by atoms with Gasteiger partial charge in [0, 0.05) is 11.6 Å². The van der Waals surface area contributed by atoms with Crippen molar-refractivity contribution in [2.75, 3.05) is 0 Å². The number of amides is 1. The molecule has 2 heteroatoms. The summed E-state index contributed by atoms with van der Waals surface area (Å²) in [6.07, 6.45) is 0.846. The summed E-state index contributed by atoms with van der Waals surface area (Å²) in [6.45, 7) is 4.10. The van der Waals surface area contributed by atoms with E-state index in [-0.39, 0.29) is 11.9 Å². The van der Waals surface area contributed by atoms with E-state index in [1.807, 2.05) is 37.3 Å². The summed E-state index contributed by atoms with van der Waals surface area (Å²) >= 11 is 0. The van der Waals surface area contributed by atoms with Gasteiger partial charge in [0.05, 0.1) is 0 Å². The highest BCUT2D eigenvalue weighted by Gasteiger charge is 2.09. The summed E-state index contributed by atoms with van der Waals surface area (Å²) in [5.41, 5.74) is 3.20. The predicted octanol–water partition coefficient (Wildman–Crippen LogP) is 3.36. The number of rotatable bonds is 4. The summed E-state index contributed by atoms with van der Waals surface area (Å²) in [4.78, 5) is 12.0. The molecule has 2 rings (SSSR count). The fraction of sp³-hybridized carbons (Fsp3) is 0.235. The first-order valence-electron chi connectivity index (χ1n) is 6.56. The van der Waals surface area contributed by atoms with Gasteiger partial charge in [-0.25, -0.2) is 0 Å². The fourth-order valence-corrected chi connectivity index (χ4v) is 2.03. The molecule has 0 aromatic heterocycles. The van der Waals surface area contributed by atoms with Crippen LogP contribution < -0.4 is 5.32 Å². The lowest BCUT2D eigenvalue weighted by molar-refractivity contribution is 0.0940. The van der Waals surface area contributed by atoms with Gasteiger partial charge in [-0.3, -0.25) is 4.79 Å². The van der Waals surface area contributed by atoms with Crippen molar-refractivity contribution in [2.45, 2.75) is 26.3 Å². The molecular weight excluding hydrogens is 234 g/mol. The zero-order valence-corrected chi connectivity index (χ0v) is 11.4. The van der Waals surface area contributed by atoms with Crippen LogP contribution >= 0.6 is 0 Å². The van der Waals surface area contributed by atoms with Gasteiger partial charge in [0.1, 0.15) is 0 Å². The van der Waals surface area contributed by atoms with Gasteiger partial charge in [0.15, 0.2) is 0 Å². The van der Waals surface area contributed by atoms with E-state index in [1.165, 1.54) is 11.1 Å². The van der Waals surface area contributed by atoms with Crippen LogP contribution in [0.2, 0.25) is 0 Å². The molecule has 0 radical (unpaired) electrons. The minimum absolute atomic E-state index is 0.0137. The number of carbonyl (C=O) groups excluding carboxylic acids is 1. The van der Waals surface area contributed by atoms with E-state index in [9.17, 15) is 4.79 Å². The minimum Gasteiger partial charge on any atom is -0.349 e. The monoisotopic (exact) mass is 253 g/mol. The van der Waals surface area contributed by atoms with Crippen molar-refractivity contribution in [2.24, 2.45) is 0 Å². The second kappa shape index (κ2) is 6.19. The second-order valence-electron chi connectivity index (χ2n) is 4.93. The molecule has 2 aromatic carbocycles. The van der Waals surface area contributed by atoms with Crippen molar-refractivity contribution in [3.05, 3.63) is 71.3 Å². The van der Waals surface area contributed by atoms with E-state index in [1.54, 1.807) is 0 Å². The lowest BCUT2D eigenvalue weighted by atomic mass is 10.1. The van der Waals surface area contributed by atoms with E-state index < -0.39 is 0 Å². The van der Waals surface area contributed by atoms with Crippen LogP contribution in [0.4, 0.5) is 0 Å². The van der Waals surface area contributed by atoms with Crippen LogP contribution in [0.3, 0.4) is 0 Å². The fourth-order valence-electron chi connectivity index (χ4n) is 2.03. The topological polar surface area (TPSA) is 29.1 Å². The normalized spacial score (nSPS) is 11.9. The number of aryl methyl sites for hydroxylation is 1. The Hall–Kier alpha value is -2.09. The highest BCUT2D eigenvalue weighted by molar-refractivity contribution is 5.94. The van der Waals surface area contributed by atoms with Gasteiger partial charge in [-0.05, 0) is 38.0 Å². The van der Waals surface area contributed by atoms with Gasteiger partial charge in [-0.2, -0.15) is 0 Å². The van der Waals surface area contributed by atoms with Gasteiger partial charge in [-0.15, -0.1) is 0 Å². The molecule has 0 aliphatic heterocycles. The van der Waals surface area contributed by atoms with Crippen molar-refractivity contribution >= 4 is 5.91 Å². The zero-order chi connectivity index (χ0) is 13.7. The van der Waals surface area contributed by atoms with E-state index in [0.717, 1.165) is 6.42 Å². The molecule has 1 atom stereocenters. The number of hydrogen-bond acceptors (Lipinski definition) is 1. The predicted molar refractivity (Wildman–Crippen MR) is 78.3 cm³/mol. The molecule has 0 aliphatic carbocycles. The van der Waals surface area contributed by atoms with E-state index in [2.05, 4.69) is 36.5 Å². The summed E-state index contributed by atoms with van der Waals surface area (Å²) in [6, 6.07) is 17.9. The van der Waals surface area contributed by atoms with Gasteiger partial charge >= 0.3 is 0 Å². The summed E-state index contributed by atoms with van der Waals surface area (Å²) in [7, 11) is 0. The molecule has 0 aliphatic rings. The van der Waals surface area contributed by atoms with Crippen molar-refractivity contribution in [1.82, 2.24) is 5.32 Å². The number of hydrogen-bond donors (Lipinski definition) is 1. The van der Waals surface area contributed by atoms with Crippen LogP contribution in [-0.2, 0) is 6.42 Å². The van der Waals surface area contributed by atoms with Crippen LogP contribution in [0.1, 0.15) is 28.4 Å². The number of benzene rings is 2. The third-order valence-corrected chi connectivity index (χ3v) is 3.08. The molecule has 1 amide bonds. The Bertz CT molecular complexity index is 531. The van der Waals surface area contributed by atoms with Crippen LogP contribution in [0.5, 0.6) is 0 Å². The summed E-state index contributed by atoms with van der Waals surface area (Å²) < 4.78 is 0. The smallest absolute Gasteiger partial charge is 0.251 e. The first-order chi connectivity index (χ1) is 9.15. The molecule has 0 saturated carbocycles. The van der Waals surface area contributed by atoms with E-state index in [4.69, 9.17) is 0 Å². The van der Waals surface area contributed by atoms with Crippen LogP contribution in [0.15, 0.2) is 54.6 Å². The number of nitrogens with one attached hydrogen (secondary N) is 1. The molecule has 0 bridgehead atoms. The molecule has 0 heterocycles. The highest BCUT2D eigenvalue weighted by atomic mass is 16.1.